The Morgan fingerprint density at radius 2 is 2.09 bits per heavy atom. The zero-order chi connectivity index (χ0) is 22.2. The molecule has 32 heavy (non-hydrogen) atoms. The number of carbonyl (C=O) groups is 1. The van der Waals surface area contributed by atoms with Crippen molar-refractivity contribution in [1.29, 1.82) is 0 Å². The van der Waals surface area contributed by atoms with Crippen LogP contribution >= 0.6 is 0 Å². The number of amides is 1. The summed E-state index contributed by atoms with van der Waals surface area (Å²) in [6.45, 7) is 3.82. The van der Waals surface area contributed by atoms with Crippen molar-refractivity contribution in [3.05, 3.63) is 77.8 Å². The van der Waals surface area contributed by atoms with Crippen LogP contribution < -0.4 is 5.73 Å². The first-order chi connectivity index (χ1) is 15.6. The monoisotopic (exact) mass is 423 g/mol. The Morgan fingerprint density at radius 1 is 1.31 bits per heavy atom. The molecule has 1 atom stereocenters. The highest BCUT2D eigenvalue weighted by atomic mass is 16.1. The molecule has 1 unspecified atom stereocenters. The van der Waals surface area contributed by atoms with E-state index in [0.29, 0.717) is 17.7 Å². The van der Waals surface area contributed by atoms with Crippen LogP contribution in [0, 0.1) is 11.8 Å². The number of nitrogens with zero attached hydrogens (tertiary/aromatic N) is 4. The summed E-state index contributed by atoms with van der Waals surface area (Å²) in [4.78, 5) is 25.4. The van der Waals surface area contributed by atoms with E-state index in [4.69, 9.17) is 5.73 Å². The minimum atomic E-state index is -0.498. The summed E-state index contributed by atoms with van der Waals surface area (Å²) in [6, 6.07) is 8.17. The predicted molar refractivity (Wildman–Crippen MR) is 123 cm³/mol. The predicted octanol–water partition coefficient (Wildman–Crippen LogP) is 4.05. The highest BCUT2D eigenvalue weighted by molar-refractivity contribution is 5.91. The number of rotatable bonds is 5. The lowest BCUT2D eigenvalue weighted by molar-refractivity contribution is 0.0987. The van der Waals surface area contributed by atoms with Crippen molar-refractivity contribution in [3.63, 3.8) is 0 Å². The topological polar surface area (TPSA) is 86.7 Å². The molecule has 1 saturated carbocycles. The van der Waals surface area contributed by atoms with Crippen LogP contribution in [0.2, 0.25) is 0 Å². The first-order valence-electron chi connectivity index (χ1n) is 11.0. The third kappa shape index (κ3) is 3.40. The maximum absolute atomic E-state index is 11.9. The molecule has 6 heteroatoms. The molecule has 2 heterocycles. The molecule has 1 fully saturated rings. The number of imidazole rings is 1. The molecule has 3 aromatic rings. The Hall–Kier alpha value is -3.72. The fourth-order valence-corrected chi connectivity index (χ4v) is 4.90. The van der Waals surface area contributed by atoms with E-state index in [1.807, 2.05) is 23.8 Å². The van der Waals surface area contributed by atoms with E-state index in [0.717, 1.165) is 54.0 Å². The fraction of sp³-hybridized carbons (Fsp3) is 0.308. The molecular formula is C26H25N5O. The zero-order valence-electron chi connectivity index (χ0n) is 18.1. The average molecular weight is 424 g/mol. The van der Waals surface area contributed by atoms with Gasteiger partial charge in [-0.3, -0.25) is 4.79 Å². The maximum atomic E-state index is 11.9. The van der Waals surface area contributed by atoms with Gasteiger partial charge in [-0.25, -0.2) is 15.0 Å². The van der Waals surface area contributed by atoms with Crippen LogP contribution in [-0.4, -0.2) is 25.4 Å². The molecule has 1 aromatic carbocycles. The van der Waals surface area contributed by atoms with Gasteiger partial charge in [0.25, 0.3) is 5.91 Å². The van der Waals surface area contributed by atoms with E-state index in [2.05, 4.69) is 51.6 Å². The minimum absolute atomic E-state index is 0.0623. The van der Waals surface area contributed by atoms with Gasteiger partial charge in [0.2, 0.25) is 0 Å². The van der Waals surface area contributed by atoms with Crippen LogP contribution in [-0.2, 0) is 7.05 Å². The average Bonchev–Trinajstić information content (AvgIpc) is 2.97. The van der Waals surface area contributed by atoms with Gasteiger partial charge < -0.3 is 10.3 Å². The van der Waals surface area contributed by atoms with Gasteiger partial charge in [0.15, 0.2) is 5.82 Å². The quantitative estimate of drug-likeness (QED) is 0.495. The van der Waals surface area contributed by atoms with E-state index in [1.165, 1.54) is 5.56 Å². The number of benzene rings is 1. The van der Waals surface area contributed by atoms with E-state index in [-0.39, 0.29) is 5.92 Å². The number of primary amides is 1. The van der Waals surface area contributed by atoms with Crippen LogP contribution in [0.25, 0.3) is 11.3 Å². The first kappa shape index (κ1) is 20.2. The van der Waals surface area contributed by atoms with Crippen LogP contribution in [0.4, 0.5) is 0 Å². The van der Waals surface area contributed by atoms with Gasteiger partial charge in [-0.1, -0.05) is 24.0 Å². The second-order valence-electron chi connectivity index (χ2n) is 8.55. The van der Waals surface area contributed by atoms with Crippen molar-refractivity contribution >= 4 is 5.91 Å². The van der Waals surface area contributed by atoms with Crippen LogP contribution in [0.1, 0.15) is 76.7 Å². The number of aromatic nitrogens is 4. The van der Waals surface area contributed by atoms with Crippen molar-refractivity contribution in [2.75, 3.05) is 0 Å². The van der Waals surface area contributed by atoms with Gasteiger partial charge in [-0.2, -0.15) is 0 Å². The molecular weight excluding hydrogens is 398 g/mol. The zero-order valence-corrected chi connectivity index (χ0v) is 18.1. The number of hydrogen-bond donors (Lipinski definition) is 1. The molecule has 1 amide bonds. The van der Waals surface area contributed by atoms with Gasteiger partial charge in [0.05, 0.1) is 11.6 Å². The molecule has 0 radical (unpaired) electrons. The molecule has 0 aliphatic heterocycles. The lowest BCUT2D eigenvalue weighted by Gasteiger charge is -2.34. The van der Waals surface area contributed by atoms with Gasteiger partial charge in [-0.15, -0.1) is 6.58 Å². The van der Waals surface area contributed by atoms with Gasteiger partial charge in [0, 0.05) is 42.2 Å². The largest absolute Gasteiger partial charge is 0.363 e. The number of hydrogen-bond acceptors (Lipinski definition) is 4. The Balaban J connectivity index is 1.56. The molecule has 3 aliphatic rings. The summed E-state index contributed by atoms with van der Waals surface area (Å²) < 4.78 is 1.88. The van der Waals surface area contributed by atoms with E-state index in [1.54, 1.807) is 12.4 Å². The summed E-state index contributed by atoms with van der Waals surface area (Å²) >= 11 is 0. The van der Waals surface area contributed by atoms with E-state index in [9.17, 15) is 4.79 Å². The molecule has 160 valence electrons. The van der Waals surface area contributed by atoms with Crippen molar-refractivity contribution in [3.8, 4) is 23.1 Å². The molecule has 2 aromatic heterocycles. The van der Waals surface area contributed by atoms with Crippen molar-refractivity contribution in [2.24, 2.45) is 12.8 Å². The van der Waals surface area contributed by atoms with Crippen molar-refractivity contribution in [1.82, 2.24) is 19.5 Å². The third-order valence-electron chi connectivity index (χ3n) is 6.58. The van der Waals surface area contributed by atoms with Crippen molar-refractivity contribution < 1.29 is 4.79 Å². The SMILES string of the molecule is C=CCCC(C#Cc1ccc2c(c1)-c1nc(C(N)=O)n(C)c1C1CC2C1)c1ncccn1. The standard InChI is InChI=1S/C26H25N5O/c1-3-4-6-17(25-28-11-5-12-29-25)9-7-16-8-10-20-18-14-19(15-18)23-22(21(20)13-16)30-26(24(27)32)31(23)2/h3,5,8,10-13,17-19H,1,4,6,14-15H2,2H3,(H2,27,32). The normalized spacial score (nSPS) is 18.8. The molecule has 3 aliphatic carbocycles. The van der Waals surface area contributed by atoms with Crippen LogP contribution in [0.5, 0.6) is 0 Å². The second kappa shape index (κ2) is 8.08. The fourth-order valence-electron chi connectivity index (χ4n) is 4.90. The molecule has 6 nitrogen and oxygen atoms in total. The Labute approximate surface area is 187 Å². The smallest absolute Gasteiger partial charge is 0.284 e. The summed E-state index contributed by atoms with van der Waals surface area (Å²) in [6.07, 6.45) is 9.22. The van der Waals surface area contributed by atoms with Gasteiger partial charge in [0.1, 0.15) is 5.82 Å². The third-order valence-corrected chi connectivity index (χ3v) is 6.58. The maximum Gasteiger partial charge on any atom is 0.284 e. The molecule has 6 rings (SSSR count). The van der Waals surface area contributed by atoms with Crippen molar-refractivity contribution in [2.45, 2.75) is 43.4 Å². The Morgan fingerprint density at radius 3 is 2.81 bits per heavy atom. The molecule has 2 N–H and O–H groups in total. The minimum Gasteiger partial charge on any atom is -0.363 e. The summed E-state index contributed by atoms with van der Waals surface area (Å²) in [7, 11) is 1.89. The first-order valence-corrected chi connectivity index (χ1v) is 11.0. The highest BCUT2D eigenvalue weighted by Gasteiger charge is 2.41. The highest BCUT2D eigenvalue weighted by Crippen LogP contribution is 2.55. The Kier molecular flexibility index (Phi) is 5.10. The second-order valence-corrected chi connectivity index (χ2v) is 8.55. The summed E-state index contributed by atoms with van der Waals surface area (Å²) in [5, 5.41) is 0. The summed E-state index contributed by atoms with van der Waals surface area (Å²) in [5.41, 5.74) is 10.8. The van der Waals surface area contributed by atoms with Crippen LogP contribution in [0.15, 0.2) is 49.3 Å². The molecule has 0 spiro atoms. The Bertz CT molecular complexity index is 1260. The van der Waals surface area contributed by atoms with E-state index >= 15 is 0 Å². The lowest BCUT2D eigenvalue weighted by Crippen LogP contribution is -2.23. The lowest BCUT2D eigenvalue weighted by atomic mass is 9.71. The van der Waals surface area contributed by atoms with E-state index < -0.39 is 5.91 Å². The van der Waals surface area contributed by atoms with Gasteiger partial charge in [-0.05, 0) is 55.4 Å². The van der Waals surface area contributed by atoms with Gasteiger partial charge >= 0.3 is 0 Å². The molecule has 0 saturated heterocycles. The number of nitrogens with two attached hydrogens (primary N) is 1. The summed E-state index contributed by atoms with van der Waals surface area (Å²) in [5.74, 6) is 8.13. The molecule has 2 bridgehead atoms. The van der Waals surface area contributed by atoms with Crippen LogP contribution in [0.3, 0.4) is 0 Å². The number of allylic oxidation sites excluding steroid dienone is 1. The number of carbonyl (C=O) groups excluding carboxylic acids is 1.